The molecule has 0 aliphatic carbocycles. The highest BCUT2D eigenvalue weighted by Gasteiger charge is 1.94. The predicted molar refractivity (Wildman–Crippen MR) is 43.2 cm³/mol. The Labute approximate surface area is 59.8 Å². The summed E-state index contributed by atoms with van der Waals surface area (Å²) in [6.45, 7) is 0.441. The van der Waals surface area contributed by atoms with Crippen LogP contribution < -0.4 is 17.2 Å². The van der Waals surface area contributed by atoms with E-state index in [1.165, 1.54) is 0 Å². The van der Waals surface area contributed by atoms with Gasteiger partial charge < -0.3 is 17.2 Å². The summed E-state index contributed by atoms with van der Waals surface area (Å²) >= 11 is 0. The van der Waals surface area contributed by atoms with E-state index >= 15 is 0 Å². The van der Waals surface area contributed by atoms with Gasteiger partial charge in [0.15, 0.2) is 0 Å². The molecule has 10 heavy (non-hydrogen) atoms. The van der Waals surface area contributed by atoms with Crippen molar-refractivity contribution in [3.63, 3.8) is 0 Å². The maximum absolute atomic E-state index is 5.56. The molecule has 0 amide bonds. The number of anilines is 2. The minimum absolute atomic E-state index is 0.441. The Morgan fingerprint density at radius 3 is 2.40 bits per heavy atom. The minimum atomic E-state index is 0.441. The number of nitrogens with two attached hydrogens (primary N) is 3. The van der Waals surface area contributed by atoms with Crippen molar-refractivity contribution in [2.24, 2.45) is 5.73 Å². The Hall–Kier alpha value is -1.22. The number of rotatable bonds is 1. The third kappa shape index (κ3) is 1.19. The Morgan fingerprint density at radius 2 is 1.90 bits per heavy atom. The van der Waals surface area contributed by atoms with Crippen molar-refractivity contribution in [3.8, 4) is 0 Å². The molecule has 0 aliphatic rings. The molecule has 0 spiro atoms. The first-order valence-corrected chi connectivity index (χ1v) is 3.08. The molecule has 3 heteroatoms. The molecule has 0 aromatic heterocycles. The molecule has 1 aromatic carbocycles. The SMILES string of the molecule is NCc1cc(N)ccc1N. The van der Waals surface area contributed by atoms with E-state index in [1.807, 2.05) is 0 Å². The first-order valence-electron chi connectivity index (χ1n) is 3.08. The summed E-state index contributed by atoms with van der Waals surface area (Å²) in [5.74, 6) is 0. The molecule has 0 saturated carbocycles. The van der Waals surface area contributed by atoms with E-state index in [1.54, 1.807) is 18.2 Å². The van der Waals surface area contributed by atoms with Crippen LogP contribution in [0.5, 0.6) is 0 Å². The fourth-order valence-electron chi connectivity index (χ4n) is 0.802. The molecule has 0 aliphatic heterocycles. The van der Waals surface area contributed by atoms with Crippen LogP contribution in [0.4, 0.5) is 11.4 Å². The van der Waals surface area contributed by atoms with Gasteiger partial charge in [0, 0.05) is 17.9 Å². The second-order valence-corrected chi connectivity index (χ2v) is 2.16. The molecule has 0 unspecified atom stereocenters. The Bertz CT molecular complexity index is 232. The van der Waals surface area contributed by atoms with Gasteiger partial charge >= 0.3 is 0 Å². The summed E-state index contributed by atoms with van der Waals surface area (Å²) in [6.07, 6.45) is 0. The molecule has 3 nitrogen and oxygen atoms in total. The molecule has 6 N–H and O–H groups in total. The minimum Gasteiger partial charge on any atom is -0.399 e. The van der Waals surface area contributed by atoms with Crippen molar-refractivity contribution in [3.05, 3.63) is 23.8 Å². The van der Waals surface area contributed by atoms with E-state index < -0.39 is 0 Å². The zero-order valence-corrected chi connectivity index (χ0v) is 5.67. The molecule has 1 rings (SSSR count). The molecule has 0 bridgehead atoms. The van der Waals surface area contributed by atoms with Crippen LogP contribution in [0, 0.1) is 0 Å². The molecular formula is C7H11N3. The molecule has 0 fully saturated rings. The van der Waals surface area contributed by atoms with Crippen LogP contribution in [0.1, 0.15) is 5.56 Å². The topological polar surface area (TPSA) is 78.1 Å². The number of nitrogen functional groups attached to an aromatic ring is 2. The summed E-state index contributed by atoms with van der Waals surface area (Å²) in [7, 11) is 0. The molecule has 54 valence electrons. The largest absolute Gasteiger partial charge is 0.399 e. The summed E-state index contributed by atoms with van der Waals surface area (Å²) in [4.78, 5) is 0. The summed E-state index contributed by atoms with van der Waals surface area (Å²) in [5.41, 5.74) is 18.8. The van der Waals surface area contributed by atoms with Gasteiger partial charge in [0.2, 0.25) is 0 Å². The first kappa shape index (κ1) is 6.89. The van der Waals surface area contributed by atoms with Crippen LogP contribution in [-0.4, -0.2) is 0 Å². The van der Waals surface area contributed by atoms with E-state index in [2.05, 4.69) is 0 Å². The third-order valence-electron chi connectivity index (χ3n) is 1.39. The van der Waals surface area contributed by atoms with Crippen LogP contribution >= 0.6 is 0 Å². The quantitative estimate of drug-likeness (QED) is 0.487. The van der Waals surface area contributed by atoms with Crippen molar-refractivity contribution in [1.82, 2.24) is 0 Å². The number of hydrogen-bond acceptors (Lipinski definition) is 3. The monoisotopic (exact) mass is 137 g/mol. The predicted octanol–water partition coefficient (Wildman–Crippen LogP) is 0.310. The van der Waals surface area contributed by atoms with Gasteiger partial charge in [-0.2, -0.15) is 0 Å². The maximum atomic E-state index is 5.56. The normalized spacial score (nSPS) is 9.70. The third-order valence-corrected chi connectivity index (χ3v) is 1.39. The highest BCUT2D eigenvalue weighted by molar-refractivity contribution is 5.54. The summed E-state index contributed by atoms with van der Waals surface area (Å²) in [6, 6.07) is 5.31. The second kappa shape index (κ2) is 2.58. The van der Waals surface area contributed by atoms with Crippen molar-refractivity contribution < 1.29 is 0 Å². The van der Waals surface area contributed by atoms with Crippen LogP contribution in [0.15, 0.2) is 18.2 Å². The molecule has 0 heterocycles. The fourth-order valence-corrected chi connectivity index (χ4v) is 0.802. The molecular weight excluding hydrogens is 126 g/mol. The summed E-state index contributed by atoms with van der Waals surface area (Å²) in [5, 5.41) is 0. The van der Waals surface area contributed by atoms with E-state index in [4.69, 9.17) is 17.2 Å². The van der Waals surface area contributed by atoms with Gasteiger partial charge in [0.05, 0.1) is 0 Å². The van der Waals surface area contributed by atoms with Crippen LogP contribution in [-0.2, 0) is 6.54 Å². The lowest BCUT2D eigenvalue weighted by Crippen LogP contribution is -2.02. The average molecular weight is 137 g/mol. The number of hydrogen-bond donors (Lipinski definition) is 3. The van der Waals surface area contributed by atoms with Crippen molar-refractivity contribution >= 4 is 11.4 Å². The molecule has 0 saturated heterocycles. The second-order valence-electron chi connectivity index (χ2n) is 2.16. The van der Waals surface area contributed by atoms with Gasteiger partial charge in [-0.25, -0.2) is 0 Å². The Kier molecular flexibility index (Phi) is 1.78. The van der Waals surface area contributed by atoms with E-state index in [0.29, 0.717) is 17.9 Å². The van der Waals surface area contributed by atoms with E-state index in [0.717, 1.165) is 5.56 Å². The van der Waals surface area contributed by atoms with Crippen LogP contribution in [0.3, 0.4) is 0 Å². The van der Waals surface area contributed by atoms with Gasteiger partial charge in [-0.1, -0.05) is 0 Å². The average Bonchev–Trinajstić information content (AvgIpc) is 1.94. The molecule has 0 radical (unpaired) electrons. The number of benzene rings is 1. The van der Waals surface area contributed by atoms with Crippen molar-refractivity contribution in [2.45, 2.75) is 6.54 Å². The lowest BCUT2D eigenvalue weighted by Gasteiger charge is -2.02. The van der Waals surface area contributed by atoms with Gasteiger partial charge in [-0.3, -0.25) is 0 Å². The molecule has 1 aromatic rings. The Balaban J connectivity index is 3.09. The fraction of sp³-hybridized carbons (Fsp3) is 0.143. The lowest BCUT2D eigenvalue weighted by atomic mass is 10.1. The highest BCUT2D eigenvalue weighted by Crippen LogP contribution is 2.13. The van der Waals surface area contributed by atoms with Gasteiger partial charge in [-0.15, -0.1) is 0 Å². The van der Waals surface area contributed by atoms with E-state index in [-0.39, 0.29) is 0 Å². The maximum Gasteiger partial charge on any atom is 0.0361 e. The van der Waals surface area contributed by atoms with E-state index in [9.17, 15) is 0 Å². The standard InChI is InChI=1S/C7H11N3/c8-4-5-3-6(9)1-2-7(5)10/h1-3H,4,8-10H2. The van der Waals surface area contributed by atoms with Crippen molar-refractivity contribution in [1.29, 1.82) is 0 Å². The highest BCUT2D eigenvalue weighted by atomic mass is 14.6. The molecule has 0 atom stereocenters. The van der Waals surface area contributed by atoms with Crippen LogP contribution in [0.25, 0.3) is 0 Å². The van der Waals surface area contributed by atoms with Crippen LogP contribution in [0.2, 0.25) is 0 Å². The summed E-state index contributed by atoms with van der Waals surface area (Å²) < 4.78 is 0. The Morgan fingerprint density at radius 1 is 1.20 bits per heavy atom. The van der Waals surface area contributed by atoms with Gasteiger partial charge in [0.1, 0.15) is 0 Å². The zero-order valence-electron chi connectivity index (χ0n) is 5.67. The first-order chi connectivity index (χ1) is 4.74. The lowest BCUT2D eigenvalue weighted by molar-refractivity contribution is 1.08. The van der Waals surface area contributed by atoms with Gasteiger partial charge in [0.25, 0.3) is 0 Å². The van der Waals surface area contributed by atoms with Crippen molar-refractivity contribution in [2.75, 3.05) is 11.5 Å². The zero-order chi connectivity index (χ0) is 7.56. The van der Waals surface area contributed by atoms with Gasteiger partial charge in [-0.05, 0) is 23.8 Å². The smallest absolute Gasteiger partial charge is 0.0361 e.